The van der Waals surface area contributed by atoms with E-state index in [0.29, 0.717) is 22.5 Å². The van der Waals surface area contributed by atoms with Gasteiger partial charge in [0.25, 0.3) is 0 Å². The maximum absolute atomic E-state index is 12.5. The molecule has 0 saturated carbocycles. The molecule has 0 aliphatic heterocycles. The highest BCUT2D eigenvalue weighted by atomic mass is 35.5. The Kier molecular flexibility index (Phi) is 4.65. The van der Waals surface area contributed by atoms with Crippen molar-refractivity contribution in [1.82, 2.24) is 14.5 Å². The Hall–Kier alpha value is -3.50. The number of pyridine rings is 1. The molecule has 0 aliphatic rings. The molecule has 0 amide bonds. The van der Waals surface area contributed by atoms with Crippen LogP contribution < -0.4 is 4.74 Å². The van der Waals surface area contributed by atoms with Gasteiger partial charge in [-0.25, -0.2) is 9.97 Å². The summed E-state index contributed by atoms with van der Waals surface area (Å²) < 4.78 is 43.0. The van der Waals surface area contributed by atoms with Gasteiger partial charge in [-0.2, -0.15) is 0 Å². The predicted molar refractivity (Wildman–Crippen MR) is 104 cm³/mol. The highest BCUT2D eigenvalue weighted by molar-refractivity contribution is 6.32. The highest BCUT2D eigenvalue weighted by Crippen LogP contribution is 2.33. The number of terminal acetylenes is 1. The summed E-state index contributed by atoms with van der Waals surface area (Å²) in [5.74, 6) is 2.21. The molecule has 0 radical (unpaired) electrons. The smallest absolute Gasteiger partial charge is 0.404 e. The largest absolute Gasteiger partial charge is 0.573 e. The Labute approximate surface area is 168 Å². The van der Waals surface area contributed by atoms with E-state index in [1.165, 1.54) is 12.1 Å². The van der Waals surface area contributed by atoms with Crippen LogP contribution in [0.5, 0.6) is 5.75 Å². The Morgan fingerprint density at radius 1 is 1.00 bits per heavy atom. The van der Waals surface area contributed by atoms with Gasteiger partial charge in [0, 0.05) is 5.56 Å². The minimum absolute atomic E-state index is 0.219. The first-order valence-electron chi connectivity index (χ1n) is 8.33. The zero-order valence-electron chi connectivity index (χ0n) is 14.6. The number of imidazole rings is 1. The Balaban J connectivity index is 1.86. The maximum Gasteiger partial charge on any atom is 0.573 e. The summed E-state index contributed by atoms with van der Waals surface area (Å²) in [4.78, 5) is 9.02. The third-order valence-electron chi connectivity index (χ3n) is 4.10. The van der Waals surface area contributed by atoms with E-state index in [9.17, 15) is 13.2 Å². The molecule has 144 valence electrons. The second-order valence-electron chi connectivity index (χ2n) is 5.98. The summed E-state index contributed by atoms with van der Waals surface area (Å²) in [5, 5.41) is -0.219. The molecule has 4 rings (SSSR count). The lowest BCUT2D eigenvalue weighted by Gasteiger charge is -2.12. The number of fused-ring (bicyclic) bond motifs is 1. The number of rotatable bonds is 3. The van der Waals surface area contributed by atoms with Gasteiger partial charge in [-0.05, 0) is 36.3 Å². The van der Waals surface area contributed by atoms with Crippen molar-refractivity contribution in [3.8, 4) is 35.0 Å². The van der Waals surface area contributed by atoms with Gasteiger partial charge >= 0.3 is 6.36 Å². The molecule has 0 atom stereocenters. The van der Waals surface area contributed by atoms with E-state index in [1.807, 2.05) is 36.4 Å². The van der Waals surface area contributed by atoms with Gasteiger partial charge in [0.2, 0.25) is 0 Å². The van der Waals surface area contributed by atoms with Crippen LogP contribution in [0.1, 0.15) is 5.82 Å². The van der Waals surface area contributed by atoms with Gasteiger partial charge in [-0.15, -0.1) is 19.6 Å². The number of halogens is 4. The van der Waals surface area contributed by atoms with Crippen LogP contribution in [0, 0.1) is 12.3 Å². The first-order valence-corrected chi connectivity index (χ1v) is 8.71. The summed E-state index contributed by atoms with van der Waals surface area (Å²) in [7, 11) is 0. The van der Waals surface area contributed by atoms with Crippen LogP contribution in [0.15, 0.2) is 60.7 Å². The summed E-state index contributed by atoms with van der Waals surface area (Å²) in [6.45, 7) is 0. The lowest BCUT2D eigenvalue weighted by atomic mass is 10.1. The fourth-order valence-corrected chi connectivity index (χ4v) is 3.12. The molecule has 0 fully saturated rings. The first kappa shape index (κ1) is 18.8. The average Bonchev–Trinajstić information content (AvgIpc) is 3.07. The lowest BCUT2D eigenvalue weighted by Crippen LogP contribution is -2.17. The third kappa shape index (κ3) is 3.75. The predicted octanol–water partition coefficient (Wildman–Crippen LogP) is 5.62. The van der Waals surface area contributed by atoms with Crippen LogP contribution in [0.3, 0.4) is 0 Å². The van der Waals surface area contributed by atoms with Crippen molar-refractivity contribution in [1.29, 1.82) is 0 Å². The van der Waals surface area contributed by atoms with E-state index < -0.39 is 12.1 Å². The third-order valence-corrected chi connectivity index (χ3v) is 4.40. The Morgan fingerprint density at radius 2 is 1.76 bits per heavy atom. The first-order chi connectivity index (χ1) is 13.9. The van der Waals surface area contributed by atoms with Gasteiger partial charge in [0.05, 0.1) is 16.4 Å². The van der Waals surface area contributed by atoms with Gasteiger partial charge in [0.1, 0.15) is 11.3 Å². The molecule has 0 saturated heterocycles. The fourth-order valence-electron chi connectivity index (χ4n) is 2.90. The van der Waals surface area contributed by atoms with Gasteiger partial charge in [-0.3, -0.25) is 4.57 Å². The maximum atomic E-state index is 12.5. The monoisotopic (exact) mass is 413 g/mol. The molecule has 4 aromatic rings. The summed E-state index contributed by atoms with van der Waals surface area (Å²) in [6, 6.07) is 17.0. The van der Waals surface area contributed by atoms with E-state index in [-0.39, 0.29) is 10.8 Å². The Morgan fingerprint density at radius 3 is 2.41 bits per heavy atom. The molecule has 29 heavy (non-hydrogen) atoms. The van der Waals surface area contributed by atoms with Crippen LogP contribution in [-0.2, 0) is 0 Å². The molecule has 4 nitrogen and oxygen atoms in total. The van der Waals surface area contributed by atoms with Crippen molar-refractivity contribution >= 4 is 22.8 Å². The molecule has 2 heterocycles. The summed E-state index contributed by atoms with van der Waals surface area (Å²) in [5.41, 5.74) is 3.02. The number of aromatic nitrogens is 3. The highest BCUT2D eigenvalue weighted by Gasteiger charge is 2.32. The van der Waals surface area contributed by atoms with E-state index in [1.54, 1.807) is 10.6 Å². The topological polar surface area (TPSA) is 39.9 Å². The van der Waals surface area contributed by atoms with E-state index in [2.05, 4.69) is 20.6 Å². The standard InChI is InChI=1S/C21H11ClF3N3O/c1-2-19-26-17-10-9-16(13-6-4-3-5-7-13)27-20(17)28(19)14-8-11-18(15(22)12-14)29-21(23,24)25/h1,3-12H. The quantitative estimate of drug-likeness (QED) is 0.409. The molecule has 0 spiro atoms. The van der Waals surface area contributed by atoms with Gasteiger partial charge in [0.15, 0.2) is 11.5 Å². The number of hydrogen-bond acceptors (Lipinski definition) is 3. The number of ether oxygens (including phenoxy) is 1. The number of alkyl halides is 3. The number of benzene rings is 2. The SMILES string of the molecule is C#Cc1nc2ccc(-c3ccccc3)nc2n1-c1ccc(OC(F)(F)F)c(Cl)c1. The van der Waals surface area contributed by atoms with Crippen LogP contribution in [0.2, 0.25) is 5.02 Å². The Bertz CT molecular complexity index is 1240. The minimum Gasteiger partial charge on any atom is -0.404 e. The molecule has 0 aliphatic carbocycles. The molecule has 2 aromatic carbocycles. The molecule has 0 bridgehead atoms. The summed E-state index contributed by atoms with van der Waals surface area (Å²) in [6.07, 6.45) is 0.740. The molecule has 2 aromatic heterocycles. The fraction of sp³-hybridized carbons (Fsp3) is 0.0476. The van der Waals surface area contributed by atoms with E-state index in [0.717, 1.165) is 11.6 Å². The molecular weight excluding hydrogens is 403 g/mol. The van der Waals surface area contributed by atoms with Crippen LogP contribution in [0.25, 0.3) is 28.1 Å². The second kappa shape index (κ2) is 7.15. The number of nitrogens with zero attached hydrogens (tertiary/aromatic N) is 3. The summed E-state index contributed by atoms with van der Waals surface area (Å²) >= 11 is 6.00. The molecular formula is C21H11ClF3N3O. The lowest BCUT2D eigenvalue weighted by molar-refractivity contribution is -0.274. The van der Waals surface area contributed by atoms with Gasteiger partial charge < -0.3 is 4.74 Å². The molecule has 8 heteroatoms. The molecule has 0 N–H and O–H groups in total. The molecule has 0 unspecified atom stereocenters. The number of hydrogen-bond donors (Lipinski definition) is 0. The van der Waals surface area contributed by atoms with Crippen molar-refractivity contribution in [3.63, 3.8) is 0 Å². The van der Waals surface area contributed by atoms with Crippen LogP contribution in [0.4, 0.5) is 13.2 Å². The van der Waals surface area contributed by atoms with Crippen molar-refractivity contribution < 1.29 is 17.9 Å². The zero-order chi connectivity index (χ0) is 20.6. The van der Waals surface area contributed by atoms with Crippen molar-refractivity contribution in [3.05, 3.63) is 71.5 Å². The van der Waals surface area contributed by atoms with Crippen molar-refractivity contribution in [2.75, 3.05) is 0 Å². The van der Waals surface area contributed by atoms with Crippen molar-refractivity contribution in [2.24, 2.45) is 0 Å². The van der Waals surface area contributed by atoms with Crippen molar-refractivity contribution in [2.45, 2.75) is 6.36 Å². The normalized spacial score (nSPS) is 11.4. The minimum atomic E-state index is -4.84. The van der Waals surface area contributed by atoms with Gasteiger partial charge in [-0.1, -0.05) is 41.9 Å². The second-order valence-corrected chi connectivity index (χ2v) is 6.39. The zero-order valence-corrected chi connectivity index (χ0v) is 15.4. The van der Waals surface area contributed by atoms with Crippen LogP contribution in [-0.4, -0.2) is 20.9 Å². The van der Waals surface area contributed by atoms with E-state index in [4.69, 9.17) is 18.0 Å². The van der Waals surface area contributed by atoms with Crippen LogP contribution >= 0.6 is 11.6 Å². The average molecular weight is 414 g/mol. The van der Waals surface area contributed by atoms with E-state index >= 15 is 0 Å².